The van der Waals surface area contributed by atoms with E-state index in [2.05, 4.69) is 31.0 Å². The minimum absolute atomic E-state index is 0.0716. The molecule has 23 heavy (non-hydrogen) atoms. The molecule has 0 saturated heterocycles. The highest BCUT2D eigenvalue weighted by atomic mass is 16.4. The van der Waals surface area contributed by atoms with Crippen LogP contribution in [-0.2, 0) is 5.41 Å². The van der Waals surface area contributed by atoms with E-state index in [1.807, 2.05) is 42.5 Å². The lowest BCUT2D eigenvalue weighted by atomic mass is 9.87. The van der Waals surface area contributed by atoms with Crippen molar-refractivity contribution in [2.24, 2.45) is 0 Å². The number of hydrogen-bond acceptors (Lipinski definition) is 4. The molecular weight excluding hydrogens is 288 g/mol. The molecule has 0 bridgehead atoms. The largest absolute Gasteiger partial charge is 0.400 e. The van der Waals surface area contributed by atoms with Gasteiger partial charge in [-0.25, -0.2) is 4.79 Å². The van der Waals surface area contributed by atoms with Gasteiger partial charge in [0.1, 0.15) is 0 Å². The first-order chi connectivity index (χ1) is 10.9. The fourth-order valence-corrected chi connectivity index (χ4v) is 2.29. The number of hydrogen-bond donors (Lipinski definition) is 0. The van der Waals surface area contributed by atoms with Gasteiger partial charge in [0, 0.05) is 11.1 Å². The van der Waals surface area contributed by atoms with Crippen LogP contribution < -0.4 is 5.63 Å². The van der Waals surface area contributed by atoms with Crippen LogP contribution in [0.1, 0.15) is 26.3 Å². The van der Waals surface area contributed by atoms with E-state index < -0.39 is 5.63 Å². The molecule has 3 aromatic rings. The van der Waals surface area contributed by atoms with Gasteiger partial charge in [-0.3, -0.25) is 0 Å². The van der Waals surface area contributed by atoms with Gasteiger partial charge in [-0.2, -0.15) is 0 Å². The van der Waals surface area contributed by atoms with Crippen LogP contribution in [0.15, 0.2) is 63.8 Å². The molecule has 0 aliphatic rings. The minimum atomic E-state index is -0.485. The lowest BCUT2D eigenvalue weighted by Crippen LogP contribution is -2.11. The second kappa shape index (κ2) is 5.80. The van der Waals surface area contributed by atoms with Crippen LogP contribution in [0.3, 0.4) is 0 Å². The van der Waals surface area contributed by atoms with Crippen molar-refractivity contribution in [2.45, 2.75) is 26.2 Å². The summed E-state index contributed by atoms with van der Waals surface area (Å²) in [5.74, 6) is 0.232. The zero-order valence-electron chi connectivity index (χ0n) is 13.4. The van der Waals surface area contributed by atoms with E-state index in [4.69, 9.17) is 4.42 Å². The molecule has 116 valence electrons. The molecule has 0 unspecified atom stereocenters. The smallest absolute Gasteiger partial charge is 0.366 e. The van der Waals surface area contributed by atoms with E-state index in [9.17, 15) is 4.79 Å². The topological polar surface area (TPSA) is 56.0 Å². The maximum absolute atomic E-state index is 12.2. The van der Waals surface area contributed by atoms with Gasteiger partial charge in [-0.05, 0) is 23.1 Å². The summed E-state index contributed by atoms with van der Waals surface area (Å²) in [5, 5.41) is 8.10. The highest BCUT2D eigenvalue weighted by Crippen LogP contribution is 2.25. The fourth-order valence-electron chi connectivity index (χ4n) is 2.29. The van der Waals surface area contributed by atoms with E-state index in [1.54, 1.807) is 12.1 Å². The van der Waals surface area contributed by atoms with Crippen molar-refractivity contribution in [2.75, 3.05) is 0 Å². The Balaban J connectivity index is 1.96. The predicted octanol–water partition coefficient (Wildman–Crippen LogP) is 4.06. The molecule has 0 spiro atoms. The van der Waals surface area contributed by atoms with Crippen molar-refractivity contribution in [1.82, 2.24) is 10.2 Å². The third kappa shape index (κ3) is 3.21. The van der Waals surface area contributed by atoms with E-state index >= 15 is 0 Å². The summed E-state index contributed by atoms with van der Waals surface area (Å²) in [7, 11) is 0. The zero-order valence-corrected chi connectivity index (χ0v) is 13.4. The van der Waals surface area contributed by atoms with Crippen molar-refractivity contribution in [3.8, 4) is 22.7 Å². The maximum atomic E-state index is 12.2. The maximum Gasteiger partial charge on any atom is 0.366 e. The molecule has 0 N–H and O–H groups in total. The van der Waals surface area contributed by atoms with Gasteiger partial charge in [0.2, 0.25) is 5.89 Å². The number of rotatable bonds is 2. The SMILES string of the molecule is CC(C)(C)c1ccc(-c2nnc(-c3ccccc3)c(=O)o2)cc1. The summed E-state index contributed by atoms with van der Waals surface area (Å²) >= 11 is 0. The first-order valence-electron chi connectivity index (χ1n) is 7.49. The van der Waals surface area contributed by atoms with Crippen LogP contribution in [-0.4, -0.2) is 10.2 Å². The Labute approximate surface area is 134 Å². The van der Waals surface area contributed by atoms with Crippen LogP contribution >= 0.6 is 0 Å². The summed E-state index contributed by atoms with van der Waals surface area (Å²) < 4.78 is 5.35. The second-order valence-electron chi connectivity index (χ2n) is 6.44. The molecular formula is C19H18N2O2. The summed E-state index contributed by atoms with van der Waals surface area (Å²) in [4.78, 5) is 12.2. The van der Waals surface area contributed by atoms with E-state index in [0.717, 1.165) is 5.56 Å². The highest BCUT2D eigenvalue weighted by molar-refractivity contribution is 5.58. The minimum Gasteiger partial charge on any atom is -0.400 e. The van der Waals surface area contributed by atoms with Crippen LogP contribution in [0.25, 0.3) is 22.7 Å². The number of aromatic nitrogens is 2. The van der Waals surface area contributed by atoms with Gasteiger partial charge in [-0.1, -0.05) is 63.2 Å². The van der Waals surface area contributed by atoms with Gasteiger partial charge in [0.05, 0.1) is 0 Å². The molecule has 0 fully saturated rings. The lowest BCUT2D eigenvalue weighted by molar-refractivity contribution is 0.494. The second-order valence-corrected chi connectivity index (χ2v) is 6.44. The normalized spacial score (nSPS) is 11.4. The predicted molar refractivity (Wildman–Crippen MR) is 90.1 cm³/mol. The van der Waals surface area contributed by atoms with Crippen LogP contribution in [0.4, 0.5) is 0 Å². The molecule has 2 aromatic carbocycles. The van der Waals surface area contributed by atoms with E-state index in [0.29, 0.717) is 5.56 Å². The van der Waals surface area contributed by atoms with E-state index in [-0.39, 0.29) is 17.0 Å². The summed E-state index contributed by atoms with van der Waals surface area (Å²) in [6, 6.07) is 17.0. The van der Waals surface area contributed by atoms with Gasteiger partial charge < -0.3 is 4.42 Å². The standard InChI is InChI=1S/C19H18N2O2/c1-19(2,3)15-11-9-14(10-12-15)17-21-20-16(18(22)23-17)13-7-5-4-6-8-13/h4-12H,1-3H3. The van der Waals surface area contributed by atoms with Crippen molar-refractivity contribution >= 4 is 0 Å². The van der Waals surface area contributed by atoms with Gasteiger partial charge >= 0.3 is 5.63 Å². The zero-order chi connectivity index (χ0) is 16.4. The van der Waals surface area contributed by atoms with Crippen molar-refractivity contribution in [3.63, 3.8) is 0 Å². The molecule has 4 heteroatoms. The molecule has 3 rings (SSSR count). The Morgan fingerprint density at radius 2 is 1.48 bits per heavy atom. The Kier molecular flexibility index (Phi) is 3.82. The molecule has 1 heterocycles. The third-order valence-corrected chi connectivity index (χ3v) is 3.67. The highest BCUT2D eigenvalue weighted by Gasteiger charge is 2.15. The van der Waals surface area contributed by atoms with Gasteiger partial charge in [-0.15, -0.1) is 10.2 Å². The molecule has 0 radical (unpaired) electrons. The molecule has 0 aliphatic carbocycles. The van der Waals surface area contributed by atoms with Crippen LogP contribution in [0, 0.1) is 0 Å². The molecule has 4 nitrogen and oxygen atoms in total. The number of nitrogens with zero attached hydrogens (tertiary/aromatic N) is 2. The van der Waals surface area contributed by atoms with E-state index in [1.165, 1.54) is 5.56 Å². The average Bonchev–Trinajstić information content (AvgIpc) is 2.55. The Morgan fingerprint density at radius 3 is 2.04 bits per heavy atom. The third-order valence-electron chi connectivity index (χ3n) is 3.67. The summed E-state index contributed by atoms with van der Waals surface area (Å²) in [6.45, 7) is 6.45. The first kappa shape index (κ1) is 15.2. The summed E-state index contributed by atoms with van der Waals surface area (Å²) in [5.41, 5.74) is 2.45. The van der Waals surface area contributed by atoms with Crippen LogP contribution in [0.2, 0.25) is 0 Å². The lowest BCUT2D eigenvalue weighted by Gasteiger charge is -2.18. The van der Waals surface area contributed by atoms with Crippen LogP contribution in [0.5, 0.6) is 0 Å². The summed E-state index contributed by atoms with van der Waals surface area (Å²) in [6.07, 6.45) is 0. The molecule has 0 atom stereocenters. The Bertz CT molecular complexity index is 860. The molecule has 0 saturated carbocycles. The van der Waals surface area contributed by atoms with Crippen molar-refractivity contribution in [3.05, 3.63) is 70.6 Å². The van der Waals surface area contributed by atoms with Crippen molar-refractivity contribution < 1.29 is 4.42 Å². The Hall–Kier alpha value is -2.75. The fraction of sp³-hybridized carbons (Fsp3) is 0.211. The van der Waals surface area contributed by atoms with Crippen molar-refractivity contribution in [1.29, 1.82) is 0 Å². The Morgan fingerprint density at radius 1 is 0.826 bits per heavy atom. The molecule has 1 aromatic heterocycles. The van der Waals surface area contributed by atoms with Gasteiger partial charge in [0.15, 0.2) is 5.69 Å². The molecule has 0 amide bonds. The quantitative estimate of drug-likeness (QED) is 0.716. The average molecular weight is 306 g/mol. The van der Waals surface area contributed by atoms with Gasteiger partial charge in [0.25, 0.3) is 0 Å². The monoisotopic (exact) mass is 306 g/mol. The first-order valence-corrected chi connectivity index (χ1v) is 7.49. The number of benzene rings is 2. The molecule has 0 aliphatic heterocycles.